The van der Waals surface area contributed by atoms with Crippen molar-refractivity contribution in [1.82, 2.24) is 0 Å². The van der Waals surface area contributed by atoms with Crippen LogP contribution < -0.4 is 20.7 Å². The zero-order valence-corrected chi connectivity index (χ0v) is 19.0. The number of benzene rings is 6. The molecular weight excluding hydrogens is 412 g/mol. The van der Waals surface area contributed by atoms with Crippen molar-refractivity contribution in [3.05, 3.63) is 121 Å². The summed E-state index contributed by atoms with van der Waals surface area (Å²) in [5.74, 6) is 0. The summed E-state index contributed by atoms with van der Waals surface area (Å²) in [7, 11) is -2.36. The van der Waals surface area contributed by atoms with E-state index in [9.17, 15) is 0 Å². The third-order valence-electron chi connectivity index (χ3n) is 7.86. The molecule has 33 heavy (non-hydrogen) atoms. The molecule has 0 radical (unpaired) electrons. The summed E-state index contributed by atoms with van der Waals surface area (Å²) in [6.45, 7) is 0. The highest BCUT2D eigenvalue weighted by Crippen LogP contribution is 2.38. The van der Waals surface area contributed by atoms with Gasteiger partial charge in [0.1, 0.15) is 0 Å². The van der Waals surface area contributed by atoms with Crippen LogP contribution in [0.4, 0.5) is 0 Å². The van der Waals surface area contributed by atoms with Gasteiger partial charge in [0.25, 0.3) is 0 Å². The highest BCUT2D eigenvalue weighted by atomic mass is 28.3. The van der Waals surface area contributed by atoms with E-state index in [0.29, 0.717) is 0 Å². The quantitative estimate of drug-likeness (QED) is 0.224. The van der Waals surface area contributed by atoms with Crippen molar-refractivity contribution in [2.45, 2.75) is 0 Å². The Labute approximate surface area is 193 Å². The SMILES string of the molecule is c1ccc2c(c1)-c1ccccc1[Si]21c2ccccc2-c2cc3ccc4ccccc4c3cc21. The number of fused-ring (bicyclic) bond motifs is 13. The van der Waals surface area contributed by atoms with Gasteiger partial charge >= 0.3 is 0 Å². The van der Waals surface area contributed by atoms with Gasteiger partial charge < -0.3 is 0 Å². The van der Waals surface area contributed by atoms with Crippen molar-refractivity contribution in [2.24, 2.45) is 0 Å². The van der Waals surface area contributed by atoms with E-state index in [1.54, 1.807) is 5.19 Å². The summed E-state index contributed by atoms with van der Waals surface area (Å²) < 4.78 is 0. The molecule has 6 aromatic rings. The summed E-state index contributed by atoms with van der Waals surface area (Å²) in [5.41, 5.74) is 5.67. The van der Waals surface area contributed by atoms with Crippen LogP contribution in [0.1, 0.15) is 0 Å². The molecular formula is C32H20Si. The fourth-order valence-electron chi connectivity index (χ4n) is 6.59. The van der Waals surface area contributed by atoms with Crippen LogP contribution in [-0.4, -0.2) is 8.07 Å². The standard InChI is InChI=1S/C32H20Si/c1-2-10-23-21(9-1)17-18-22-19-28-26-13-5-8-16-31(26)33(32(28)20-27(22)23)29-14-6-3-11-24(29)25-12-4-7-15-30(25)33/h1-20H. The molecule has 0 fully saturated rings. The summed E-state index contributed by atoms with van der Waals surface area (Å²) >= 11 is 0. The molecule has 0 saturated carbocycles. The van der Waals surface area contributed by atoms with Crippen LogP contribution in [0, 0.1) is 0 Å². The lowest BCUT2D eigenvalue weighted by molar-refractivity contribution is 1.71. The van der Waals surface area contributed by atoms with Gasteiger partial charge in [-0.1, -0.05) is 115 Å². The van der Waals surface area contributed by atoms with Gasteiger partial charge in [0, 0.05) is 0 Å². The molecule has 0 N–H and O–H groups in total. The predicted octanol–water partition coefficient (Wildman–Crippen LogP) is 5.33. The minimum absolute atomic E-state index is 1.31. The minimum atomic E-state index is -2.36. The van der Waals surface area contributed by atoms with Crippen molar-refractivity contribution in [1.29, 1.82) is 0 Å². The first-order valence-corrected chi connectivity index (χ1v) is 13.6. The van der Waals surface area contributed by atoms with Crippen molar-refractivity contribution in [3.8, 4) is 22.3 Å². The second-order valence-electron chi connectivity index (χ2n) is 9.29. The van der Waals surface area contributed by atoms with E-state index in [4.69, 9.17) is 0 Å². The van der Waals surface area contributed by atoms with Crippen molar-refractivity contribution >= 4 is 50.4 Å². The maximum atomic E-state index is 2.55. The lowest BCUT2D eigenvalue weighted by Crippen LogP contribution is -2.70. The van der Waals surface area contributed by atoms with Gasteiger partial charge in [0.15, 0.2) is 8.07 Å². The highest BCUT2D eigenvalue weighted by Gasteiger charge is 2.53. The molecule has 1 spiro atoms. The van der Waals surface area contributed by atoms with E-state index >= 15 is 0 Å². The first kappa shape index (κ1) is 17.6. The summed E-state index contributed by atoms with van der Waals surface area (Å²) in [6.07, 6.45) is 0. The molecule has 0 aliphatic carbocycles. The molecule has 8 rings (SSSR count). The van der Waals surface area contributed by atoms with Gasteiger partial charge in [0.2, 0.25) is 0 Å². The van der Waals surface area contributed by atoms with Gasteiger partial charge in [-0.3, -0.25) is 0 Å². The van der Waals surface area contributed by atoms with Crippen LogP contribution in [0.2, 0.25) is 0 Å². The fraction of sp³-hybridized carbons (Fsp3) is 0. The Morgan fingerprint density at radius 2 is 0.848 bits per heavy atom. The molecule has 0 nitrogen and oxygen atoms in total. The van der Waals surface area contributed by atoms with E-state index < -0.39 is 8.07 Å². The first-order valence-electron chi connectivity index (χ1n) is 11.6. The Morgan fingerprint density at radius 3 is 1.52 bits per heavy atom. The monoisotopic (exact) mass is 432 g/mol. The van der Waals surface area contributed by atoms with Gasteiger partial charge in [-0.25, -0.2) is 0 Å². The molecule has 152 valence electrons. The molecule has 2 aliphatic heterocycles. The van der Waals surface area contributed by atoms with Crippen LogP contribution in [0.3, 0.4) is 0 Å². The average Bonchev–Trinajstić information content (AvgIpc) is 3.35. The largest absolute Gasteiger partial charge is 0.182 e. The summed E-state index contributed by atoms with van der Waals surface area (Å²) in [4.78, 5) is 0. The summed E-state index contributed by atoms with van der Waals surface area (Å²) in [5, 5.41) is 11.5. The third kappa shape index (κ3) is 2.02. The molecule has 0 unspecified atom stereocenters. The minimum Gasteiger partial charge on any atom is -0.0623 e. The Hall–Kier alpha value is -3.94. The Bertz CT molecular complexity index is 1730. The van der Waals surface area contributed by atoms with Crippen LogP contribution in [0.5, 0.6) is 0 Å². The number of hydrogen-bond donors (Lipinski definition) is 0. The molecule has 2 heterocycles. The zero-order chi connectivity index (χ0) is 21.6. The maximum Gasteiger partial charge on any atom is 0.182 e. The van der Waals surface area contributed by atoms with E-state index in [2.05, 4.69) is 121 Å². The normalized spacial score (nSPS) is 14.3. The Kier molecular flexibility index (Phi) is 3.25. The molecule has 0 amide bonds. The Balaban J connectivity index is 1.61. The van der Waals surface area contributed by atoms with E-state index in [0.717, 1.165) is 0 Å². The molecule has 0 atom stereocenters. The fourth-order valence-corrected chi connectivity index (χ4v) is 12.2. The van der Waals surface area contributed by atoms with E-state index in [-0.39, 0.29) is 0 Å². The van der Waals surface area contributed by atoms with Crippen LogP contribution >= 0.6 is 0 Å². The first-order chi connectivity index (χ1) is 16.4. The topological polar surface area (TPSA) is 0 Å². The molecule has 2 aliphatic rings. The molecule has 1 heteroatoms. The lowest BCUT2D eigenvalue weighted by atomic mass is 9.97. The average molecular weight is 433 g/mol. The van der Waals surface area contributed by atoms with E-state index in [1.807, 2.05) is 0 Å². The van der Waals surface area contributed by atoms with Crippen molar-refractivity contribution in [2.75, 3.05) is 0 Å². The van der Waals surface area contributed by atoms with Gasteiger partial charge in [-0.15, -0.1) is 0 Å². The Morgan fingerprint density at radius 1 is 0.333 bits per heavy atom. The lowest BCUT2D eigenvalue weighted by Gasteiger charge is -2.28. The zero-order valence-electron chi connectivity index (χ0n) is 18.0. The van der Waals surface area contributed by atoms with Crippen molar-refractivity contribution < 1.29 is 0 Å². The second kappa shape index (κ2) is 6.09. The molecule has 0 saturated heterocycles. The maximum absolute atomic E-state index is 2.55. The third-order valence-corrected chi connectivity index (χ3v) is 12.8. The number of rotatable bonds is 0. The van der Waals surface area contributed by atoms with E-state index in [1.165, 1.54) is 59.4 Å². The summed E-state index contributed by atoms with van der Waals surface area (Å²) in [6, 6.07) is 45.9. The predicted molar refractivity (Wildman–Crippen MR) is 143 cm³/mol. The smallest absolute Gasteiger partial charge is 0.0623 e. The molecule has 0 aromatic heterocycles. The van der Waals surface area contributed by atoms with Crippen LogP contribution in [0.25, 0.3) is 43.8 Å². The molecule has 6 aromatic carbocycles. The van der Waals surface area contributed by atoms with Crippen LogP contribution in [0.15, 0.2) is 121 Å². The second-order valence-corrected chi connectivity index (χ2v) is 12.9. The number of hydrogen-bond acceptors (Lipinski definition) is 0. The van der Waals surface area contributed by atoms with Crippen molar-refractivity contribution in [3.63, 3.8) is 0 Å². The highest BCUT2D eigenvalue weighted by molar-refractivity contribution is 7.24. The molecule has 0 bridgehead atoms. The van der Waals surface area contributed by atoms with Gasteiger partial charge in [-0.05, 0) is 70.6 Å². The van der Waals surface area contributed by atoms with Gasteiger partial charge in [-0.2, -0.15) is 0 Å². The van der Waals surface area contributed by atoms with Crippen LogP contribution in [-0.2, 0) is 0 Å². The van der Waals surface area contributed by atoms with Gasteiger partial charge in [0.05, 0.1) is 0 Å².